The van der Waals surface area contributed by atoms with Crippen molar-refractivity contribution in [2.24, 2.45) is 5.73 Å². The van der Waals surface area contributed by atoms with Gasteiger partial charge in [-0.05, 0) is 25.0 Å². The quantitative estimate of drug-likeness (QED) is 0.828. The van der Waals surface area contributed by atoms with Gasteiger partial charge in [-0.25, -0.2) is 0 Å². The second-order valence-electron chi connectivity index (χ2n) is 5.26. The maximum atomic E-state index is 12.3. The topological polar surface area (TPSA) is 66.6 Å². The summed E-state index contributed by atoms with van der Waals surface area (Å²) < 4.78 is 0. The highest BCUT2D eigenvalue weighted by molar-refractivity contribution is 7.14. The van der Waals surface area contributed by atoms with Crippen LogP contribution in [0.5, 0.6) is 0 Å². The molecule has 3 N–H and O–H groups in total. The van der Waals surface area contributed by atoms with Crippen LogP contribution < -0.4 is 5.73 Å². The zero-order chi connectivity index (χ0) is 14.6. The largest absolute Gasteiger partial charge is 0.388 e. The normalized spacial score (nSPS) is 16.6. The Morgan fingerprint density at radius 3 is 2.85 bits per heavy atom. The summed E-state index contributed by atoms with van der Waals surface area (Å²) in [5.74, 6) is 5.64. The molecule has 0 unspecified atom stereocenters. The highest BCUT2D eigenvalue weighted by Crippen LogP contribution is 2.30. The molecule has 0 atom stereocenters. The van der Waals surface area contributed by atoms with Gasteiger partial charge in [0.25, 0.3) is 5.91 Å². The zero-order valence-electron chi connectivity index (χ0n) is 11.7. The molecule has 0 saturated heterocycles. The fourth-order valence-corrected chi connectivity index (χ4v) is 3.43. The molecule has 0 radical (unpaired) electrons. The molecule has 20 heavy (non-hydrogen) atoms. The Balaban J connectivity index is 2.01. The van der Waals surface area contributed by atoms with Crippen molar-refractivity contribution in [2.75, 3.05) is 20.1 Å². The highest BCUT2D eigenvalue weighted by atomic mass is 32.1. The highest BCUT2D eigenvalue weighted by Gasteiger charge is 2.33. The Hall–Kier alpha value is -1.35. The van der Waals surface area contributed by atoms with E-state index in [1.54, 1.807) is 18.0 Å². The minimum atomic E-state index is -0.705. The lowest BCUT2D eigenvalue weighted by atomic mass is 10.0. The van der Waals surface area contributed by atoms with E-state index in [0.29, 0.717) is 18.0 Å². The van der Waals surface area contributed by atoms with Crippen molar-refractivity contribution in [2.45, 2.75) is 31.3 Å². The van der Waals surface area contributed by atoms with Crippen LogP contribution in [0.15, 0.2) is 12.1 Å². The van der Waals surface area contributed by atoms with Crippen LogP contribution in [0.2, 0.25) is 0 Å². The second kappa shape index (κ2) is 6.40. The van der Waals surface area contributed by atoms with Gasteiger partial charge in [-0.1, -0.05) is 24.7 Å². The summed E-state index contributed by atoms with van der Waals surface area (Å²) in [6.45, 7) is 0.710. The van der Waals surface area contributed by atoms with Gasteiger partial charge in [-0.3, -0.25) is 4.79 Å². The maximum Gasteiger partial charge on any atom is 0.263 e. The van der Waals surface area contributed by atoms with Crippen LogP contribution in [0, 0.1) is 11.8 Å². The molecular weight excluding hydrogens is 272 g/mol. The molecule has 0 aliphatic heterocycles. The van der Waals surface area contributed by atoms with E-state index in [9.17, 15) is 9.90 Å². The van der Waals surface area contributed by atoms with Gasteiger partial charge in [-0.15, -0.1) is 11.3 Å². The van der Waals surface area contributed by atoms with Crippen molar-refractivity contribution in [1.82, 2.24) is 4.90 Å². The van der Waals surface area contributed by atoms with Crippen molar-refractivity contribution < 1.29 is 9.90 Å². The Bertz CT molecular complexity index is 536. The first-order chi connectivity index (χ1) is 9.54. The molecule has 0 bridgehead atoms. The van der Waals surface area contributed by atoms with E-state index in [1.807, 2.05) is 6.07 Å². The number of carbonyl (C=O) groups excluding carboxylic acids is 1. The van der Waals surface area contributed by atoms with Crippen LogP contribution in [-0.2, 0) is 0 Å². The Kier molecular flexibility index (Phi) is 4.81. The summed E-state index contributed by atoms with van der Waals surface area (Å²) in [7, 11) is 1.74. The Morgan fingerprint density at radius 1 is 1.50 bits per heavy atom. The summed E-state index contributed by atoms with van der Waals surface area (Å²) in [6, 6.07) is 3.61. The third-order valence-electron chi connectivity index (χ3n) is 3.54. The molecule has 1 aliphatic carbocycles. The first-order valence-electron chi connectivity index (χ1n) is 6.81. The second-order valence-corrected chi connectivity index (χ2v) is 6.35. The molecule has 5 heteroatoms. The van der Waals surface area contributed by atoms with Crippen molar-refractivity contribution in [3.63, 3.8) is 0 Å². The van der Waals surface area contributed by atoms with E-state index >= 15 is 0 Å². The van der Waals surface area contributed by atoms with E-state index in [0.717, 1.165) is 30.6 Å². The summed E-state index contributed by atoms with van der Waals surface area (Å²) in [5.41, 5.74) is 4.62. The van der Waals surface area contributed by atoms with Crippen LogP contribution in [0.4, 0.5) is 0 Å². The fourth-order valence-electron chi connectivity index (χ4n) is 2.55. The lowest BCUT2D eigenvalue weighted by Gasteiger charge is -2.28. The van der Waals surface area contributed by atoms with E-state index in [4.69, 9.17) is 5.73 Å². The average Bonchev–Trinajstić information content (AvgIpc) is 3.04. The number of nitrogens with two attached hydrogens (primary N) is 1. The molecule has 1 saturated carbocycles. The predicted molar refractivity (Wildman–Crippen MR) is 80.6 cm³/mol. The third kappa shape index (κ3) is 3.60. The Morgan fingerprint density at radius 2 is 2.20 bits per heavy atom. The molecule has 0 aromatic carbocycles. The minimum absolute atomic E-state index is 0.0591. The number of thiophene rings is 1. The average molecular weight is 292 g/mol. The van der Waals surface area contributed by atoms with Crippen molar-refractivity contribution in [3.05, 3.63) is 21.9 Å². The molecule has 1 amide bonds. The van der Waals surface area contributed by atoms with Gasteiger partial charge in [0.05, 0.1) is 21.9 Å². The molecule has 1 fully saturated rings. The van der Waals surface area contributed by atoms with Gasteiger partial charge >= 0.3 is 0 Å². The minimum Gasteiger partial charge on any atom is -0.388 e. The molecule has 1 heterocycles. The monoisotopic (exact) mass is 292 g/mol. The van der Waals surface area contributed by atoms with Gasteiger partial charge in [0.2, 0.25) is 0 Å². The van der Waals surface area contributed by atoms with Crippen LogP contribution in [0.1, 0.15) is 40.2 Å². The molecule has 108 valence electrons. The molecule has 0 spiro atoms. The van der Waals surface area contributed by atoms with E-state index in [2.05, 4.69) is 11.8 Å². The molecule has 2 rings (SSSR count). The van der Waals surface area contributed by atoms with Gasteiger partial charge in [0.1, 0.15) is 0 Å². The standard InChI is InChI=1S/C15H20N2O2S/c1-17(11-15(19)8-2-3-9-15)14(18)13-7-6-12(20-13)5-4-10-16/h6-7,19H,2-3,8-11,16H2,1H3. The Labute approximate surface area is 123 Å². The van der Waals surface area contributed by atoms with E-state index in [1.165, 1.54) is 11.3 Å². The number of hydrogen-bond acceptors (Lipinski definition) is 4. The molecule has 1 aromatic rings. The number of amides is 1. The maximum absolute atomic E-state index is 12.3. The zero-order valence-corrected chi connectivity index (χ0v) is 12.5. The summed E-state index contributed by atoms with van der Waals surface area (Å²) >= 11 is 1.36. The first-order valence-corrected chi connectivity index (χ1v) is 7.62. The lowest BCUT2D eigenvalue weighted by molar-refractivity contribution is 0.0158. The summed E-state index contributed by atoms with van der Waals surface area (Å²) in [6.07, 6.45) is 3.64. The number of likely N-dealkylation sites (N-methyl/N-ethyl adjacent to an activating group) is 1. The van der Waals surface area contributed by atoms with Gasteiger partial charge in [-0.2, -0.15) is 0 Å². The van der Waals surface area contributed by atoms with Crippen molar-refractivity contribution in [1.29, 1.82) is 0 Å². The van der Waals surface area contributed by atoms with Crippen molar-refractivity contribution >= 4 is 17.2 Å². The number of aliphatic hydroxyl groups is 1. The third-order valence-corrected chi connectivity index (χ3v) is 4.53. The van der Waals surface area contributed by atoms with Gasteiger partial charge in [0.15, 0.2) is 0 Å². The van der Waals surface area contributed by atoms with Crippen LogP contribution in [0.25, 0.3) is 0 Å². The molecule has 1 aliphatic rings. The van der Waals surface area contributed by atoms with Gasteiger partial charge < -0.3 is 15.7 Å². The SMILES string of the molecule is CN(CC1(O)CCCC1)C(=O)c1ccc(C#CCN)s1. The number of carbonyl (C=O) groups is 1. The van der Waals surface area contributed by atoms with Crippen molar-refractivity contribution in [3.8, 4) is 11.8 Å². The van der Waals surface area contributed by atoms with Gasteiger partial charge in [0, 0.05) is 13.6 Å². The molecule has 1 aromatic heterocycles. The summed E-state index contributed by atoms with van der Waals surface area (Å²) in [4.78, 5) is 15.4. The predicted octanol–water partition coefficient (Wildman–Crippen LogP) is 1.44. The van der Waals surface area contributed by atoms with Crippen LogP contribution >= 0.6 is 11.3 Å². The smallest absolute Gasteiger partial charge is 0.263 e. The van der Waals surface area contributed by atoms with Crippen LogP contribution in [-0.4, -0.2) is 41.7 Å². The summed E-state index contributed by atoms with van der Waals surface area (Å²) in [5, 5.41) is 10.4. The first kappa shape index (κ1) is 15.0. The lowest BCUT2D eigenvalue weighted by Crippen LogP contribution is -2.41. The van der Waals surface area contributed by atoms with E-state index < -0.39 is 5.60 Å². The number of rotatable bonds is 3. The van der Waals surface area contributed by atoms with E-state index in [-0.39, 0.29) is 5.91 Å². The molecular formula is C15H20N2O2S. The fraction of sp³-hybridized carbons (Fsp3) is 0.533. The van der Waals surface area contributed by atoms with Crippen LogP contribution in [0.3, 0.4) is 0 Å². The molecule has 4 nitrogen and oxygen atoms in total. The number of nitrogens with zero attached hydrogens (tertiary/aromatic N) is 1. The number of hydrogen-bond donors (Lipinski definition) is 2.